The molecule has 0 radical (unpaired) electrons. The highest BCUT2D eigenvalue weighted by molar-refractivity contribution is 6.11. The number of nitrogens with zero attached hydrogens (tertiary/aromatic N) is 4. The lowest BCUT2D eigenvalue weighted by Gasteiger charge is -2.12. The number of amides is 2. The van der Waals surface area contributed by atoms with Crippen molar-refractivity contribution in [3.63, 3.8) is 0 Å². The fourth-order valence-corrected chi connectivity index (χ4v) is 5.41. The van der Waals surface area contributed by atoms with E-state index in [1.807, 2.05) is 0 Å². The fourth-order valence-electron chi connectivity index (χ4n) is 5.41. The number of H-pyrrole nitrogens is 4. The van der Waals surface area contributed by atoms with Crippen LogP contribution in [-0.2, 0) is 19.2 Å². The molecule has 18 nitrogen and oxygen atoms in total. The van der Waals surface area contributed by atoms with E-state index in [-0.39, 0.29) is 11.4 Å². The van der Waals surface area contributed by atoms with Gasteiger partial charge < -0.3 is 40.0 Å². The van der Waals surface area contributed by atoms with Crippen LogP contribution >= 0.6 is 0 Å². The number of Topliss-reactive ketones (excluding diaryl/α,β-unsaturated/α-hetero) is 2. The third-order valence-electron chi connectivity index (χ3n) is 8.18. The molecule has 0 aliphatic heterocycles. The molecule has 2 aromatic heterocycles. The van der Waals surface area contributed by atoms with Crippen molar-refractivity contribution in [2.75, 3.05) is 23.8 Å². The first-order valence-electron chi connectivity index (χ1n) is 17.4. The van der Waals surface area contributed by atoms with Crippen LogP contribution in [0.5, 0.6) is 11.5 Å². The van der Waals surface area contributed by atoms with Crippen molar-refractivity contribution < 1.29 is 28.7 Å². The molecular weight excluding hydrogens is 724 g/mol. The van der Waals surface area contributed by atoms with Crippen LogP contribution in [0.2, 0.25) is 0 Å². The quantitative estimate of drug-likeness (QED) is 0.0385. The molecule has 0 bridgehead atoms. The van der Waals surface area contributed by atoms with Gasteiger partial charge in [0.1, 0.15) is 22.9 Å². The Morgan fingerprint density at radius 2 is 0.964 bits per heavy atom. The fraction of sp³-hybridized carbons (Fsp3) is 0.211. The van der Waals surface area contributed by atoms with Gasteiger partial charge in [0.25, 0.3) is 11.8 Å². The first-order chi connectivity index (χ1) is 27.0. The van der Waals surface area contributed by atoms with Crippen LogP contribution in [-0.4, -0.2) is 68.6 Å². The lowest BCUT2D eigenvalue weighted by Crippen LogP contribution is -2.31. The molecule has 2 heterocycles. The number of anilines is 2. The first kappa shape index (κ1) is 38.2. The standard InChI is InChI=1S/C38H36N10O8/c1-21(49)33(35(51)39-23-13-15-25-29(19-23)43-37(53)41-25)47-45-27-9-3-5-11-31(27)55-17-7-8-18-56-32-12-6-4-10-28(32)46-48-34(22(2)50)36(52)40-24-14-16-26-30(20-24)44-38(54)42-26/h3-6,9-16,19-20,33-34H,7-8,17-18H2,1-2H3,(H,39,51)(H,40,52)(H2,41,43,53)(H2,42,44,54). The van der Waals surface area contributed by atoms with Crippen LogP contribution in [0.15, 0.2) is 115 Å². The molecule has 286 valence electrons. The molecule has 2 atom stereocenters. The number of hydrogen-bond donors (Lipinski definition) is 6. The maximum absolute atomic E-state index is 13.0. The predicted molar refractivity (Wildman–Crippen MR) is 206 cm³/mol. The minimum atomic E-state index is -1.42. The van der Waals surface area contributed by atoms with Crippen molar-refractivity contribution in [1.29, 1.82) is 0 Å². The Bertz CT molecular complexity index is 2410. The number of rotatable bonds is 17. The zero-order valence-electron chi connectivity index (χ0n) is 30.1. The van der Waals surface area contributed by atoms with E-state index in [1.165, 1.54) is 13.8 Å². The number of fused-ring (bicyclic) bond motifs is 2. The number of benzene rings is 4. The highest BCUT2D eigenvalue weighted by atomic mass is 16.5. The van der Waals surface area contributed by atoms with Crippen molar-refractivity contribution in [1.82, 2.24) is 19.9 Å². The number of carbonyl (C=O) groups excluding carboxylic acids is 4. The molecule has 18 heteroatoms. The van der Waals surface area contributed by atoms with Crippen molar-refractivity contribution in [2.24, 2.45) is 20.5 Å². The minimum Gasteiger partial charge on any atom is -0.491 e. The second-order valence-electron chi connectivity index (χ2n) is 12.5. The van der Waals surface area contributed by atoms with Crippen molar-refractivity contribution >= 4 is 68.2 Å². The zero-order chi connectivity index (χ0) is 39.6. The van der Waals surface area contributed by atoms with Gasteiger partial charge in [-0.3, -0.25) is 19.2 Å². The molecule has 4 aromatic carbocycles. The summed E-state index contributed by atoms with van der Waals surface area (Å²) >= 11 is 0. The van der Waals surface area contributed by atoms with Gasteiger partial charge in [-0.05, 0) is 87.4 Å². The summed E-state index contributed by atoms with van der Waals surface area (Å²) in [6.45, 7) is 3.06. The van der Waals surface area contributed by atoms with E-state index in [2.05, 4.69) is 51.0 Å². The van der Waals surface area contributed by atoms with E-state index >= 15 is 0 Å². The van der Waals surface area contributed by atoms with Crippen molar-refractivity contribution in [3.8, 4) is 11.5 Å². The van der Waals surface area contributed by atoms with Gasteiger partial charge in [-0.15, -0.1) is 0 Å². The zero-order valence-corrected chi connectivity index (χ0v) is 30.1. The molecule has 6 N–H and O–H groups in total. The van der Waals surface area contributed by atoms with Crippen LogP contribution < -0.4 is 31.5 Å². The first-order valence-corrected chi connectivity index (χ1v) is 17.4. The summed E-state index contributed by atoms with van der Waals surface area (Å²) in [6.07, 6.45) is 1.17. The molecule has 0 aliphatic carbocycles. The second-order valence-corrected chi connectivity index (χ2v) is 12.5. The largest absolute Gasteiger partial charge is 0.491 e. The van der Waals surface area contributed by atoms with Crippen LogP contribution in [0.3, 0.4) is 0 Å². The lowest BCUT2D eigenvalue weighted by molar-refractivity contribution is -0.127. The summed E-state index contributed by atoms with van der Waals surface area (Å²) in [6, 6.07) is 20.3. The molecule has 0 saturated carbocycles. The molecule has 2 unspecified atom stereocenters. The highest BCUT2D eigenvalue weighted by Gasteiger charge is 2.25. The summed E-state index contributed by atoms with van der Waals surface area (Å²) in [7, 11) is 0. The van der Waals surface area contributed by atoms with Gasteiger partial charge in [0.05, 0.1) is 35.3 Å². The summed E-state index contributed by atoms with van der Waals surface area (Å²) in [5.74, 6) is -1.62. The number of ether oxygens (including phenoxy) is 2. The Morgan fingerprint density at radius 1 is 0.571 bits per heavy atom. The Balaban J connectivity index is 0.993. The van der Waals surface area contributed by atoms with Gasteiger partial charge in [0.15, 0.2) is 11.6 Å². The maximum atomic E-state index is 13.0. The van der Waals surface area contributed by atoms with Crippen molar-refractivity contribution in [3.05, 3.63) is 106 Å². The SMILES string of the molecule is CC(=O)C(N=Nc1ccccc1OCCCCOc1ccccc1N=NC(C(C)=O)C(=O)Nc1ccc2[nH]c(=O)[nH]c2c1)C(=O)Nc1ccc2[nH]c(=O)[nH]c2c1. The number of aromatic amines is 4. The average molecular weight is 761 g/mol. The lowest BCUT2D eigenvalue weighted by atomic mass is 10.2. The number of unbranched alkanes of at least 4 members (excludes halogenated alkanes) is 1. The number of imidazole rings is 2. The average Bonchev–Trinajstić information content (AvgIpc) is 3.73. The van der Waals surface area contributed by atoms with Crippen LogP contribution in [0, 0.1) is 0 Å². The van der Waals surface area contributed by atoms with E-state index in [1.54, 1.807) is 84.9 Å². The van der Waals surface area contributed by atoms with Gasteiger partial charge >= 0.3 is 11.4 Å². The molecule has 2 amide bonds. The molecule has 0 aliphatic rings. The van der Waals surface area contributed by atoms with E-state index in [0.717, 1.165) is 0 Å². The van der Waals surface area contributed by atoms with Gasteiger partial charge in [-0.1, -0.05) is 24.3 Å². The van der Waals surface area contributed by atoms with E-state index in [4.69, 9.17) is 9.47 Å². The number of azo groups is 2. The maximum Gasteiger partial charge on any atom is 0.323 e. The summed E-state index contributed by atoms with van der Waals surface area (Å²) < 4.78 is 11.9. The smallest absolute Gasteiger partial charge is 0.323 e. The third-order valence-corrected chi connectivity index (χ3v) is 8.18. The monoisotopic (exact) mass is 760 g/mol. The van der Waals surface area contributed by atoms with Crippen molar-refractivity contribution in [2.45, 2.75) is 38.8 Å². The van der Waals surface area contributed by atoms with E-state index in [9.17, 15) is 28.8 Å². The molecule has 6 aromatic rings. The third kappa shape index (κ3) is 9.72. The second kappa shape index (κ2) is 17.5. The molecular formula is C38H36N10O8. The van der Waals surface area contributed by atoms with Gasteiger partial charge in [-0.25, -0.2) is 9.59 Å². The number of hydrogen-bond acceptors (Lipinski definition) is 12. The van der Waals surface area contributed by atoms with E-state index < -0.39 is 35.5 Å². The Hall–Kier alpha value is -7.50. The Labute approximate surface area is 316 Å². The highest BCUT2D eigenvalue weighted by Crippen LogP contribution is 2.29. The summed E-state index contributed by atoms with van der Waals surface area (Å²) in [5.41, 5.74) is 2.73. The summed E-state index contributed by atoms with van der Waals surface area (Å²) in [5, 5.41) is 21.6. The number of ketones is 2. The number of nitrogens with one attached hydrogen (secondary N) is 6. The normalized spacial score (nSPS) is 12.5. The molecule has 0 saturated heterocycles. The van der Waals surface area contributed by atoms with Crippen LogP contribution in [0.4, 0.5) is 22.7 Å². The number of aromatic nitrogens is 4. The van der Waals surface area contributed by atoms with Gasteiger partial charge in [0.2, 0.25) is 12.1 Å². The molecule has 0 spiro atoms. The molecule has 56 heavy (non-hydrogen) atoms. The predicted octanol–water partition coefficient (Wildman–Crippen LogP) is 5.62. The molecule has 6 rings (SSSR count). The topological polar surface area (TPSA) is 258 Å². The van der Waals surface area contributed by atoms with Gasteiger partial charge in [-0.2, -0.15) is 20.5 Å². The molecule has 0 fully saturated rings. The van der Waals surface area contributed by atoms with Crippen LogP contribution in [0.1, 0.15) is 26.7 Å². The van der Waals surface area contributed by atoms with Gasteiger partial charge in [0, 0.05) is 11.4 Å². The Kier molecular flexibility index (Phi) is 12.0. The Morgan fingerprint density at radius 3 is 1.38 bits per heavy atom. The van der Waals surface area contributed by atoms with E-state index in [0.29, 0.717) is 82.4 Å². The number of carbonyl (C=O) groups is 4. The number of para-hydroxylation sites is 2. The summed E-state index contributed by atoms with van der Waals surface area (Å²) in [4.78, 5) is 84.2. The minimum absolute atomic E-state index is 0.292. The van der Waals surface area contributed by atoms with Crippen LogP contribution in [0.25, 0.3) is 22.1 Å².